The van der Waals surface area contributed by atoms with E-state index in [1.54, 1.807) is 0 Å². The van der Waals surface area contributed by atoms with Gasteiger partial charge in [0.2, 0.25) is 0 Å². The van der Waals surface area contributed by atoms with Gasteiger partial charge < -0.3 is 10.0 Å². The Labute approximate surface area is 88.3 Å². The molecule has 1 aliphatic heterocycles. The lowest BCUT2D eigenvalue weighted by molar-refractivity contribution is 0.108. The van der Waals surface area contributed by atoms with Crippen LogP contribution in [0.4, 0.5) is 0 Å². The standard InChI is InChI=1S/C12H25NO/c1-11(14)6-4-8-13-9-5-7-12(2,3)10-13/h11,14H,4-10H2,1-3H3. The number of nitrogens with zero attached hydrogens (tertiary/aromatic N) is 1. The van der Waals surface area contributed by atoms with Crippen LogP contribution in [0.3, 0.4) is 0 Å². The van der Waals surface area contributed by atoms with E-state index in [1.165, 1.54) is 25.9 Å². The van der Waals surface area contributed by atoms with Gasteiger partial charge in [-0.3, -0.25) is 0 Å². The van der Waals surface area contributed by atoms with E-state index >= 15 is 0 Å². The molecule has 14 heavy (non-hydrogen) atoms. The van der Waals surface area contributed by atoms with E-state index in [9.17, 15) is 0 Å². The average molecular weight is 199 g/mol. The topological polar surface area (TPSA) is 23.5 Å². The summed E-state index contributed by atoms with van der Waals surface area (Å²) in [7, 11) is 0. The number of hydrogen-bond donors (Lipinski definition) is 1. The molecule has 1 fully saturated rings. The highest BCUT2D eigenvalue weighted by molar-refractivity contribution is 4.79. The SMILES string of the molecule is CC(O)CCCN1CCCC(C)(C)C1. The van der Waals surface area contributed by atoms with Crippen LogP contribution >= 0.6 is 0 Å². The molecule has 1 atom stereocenters. The van der Waals surface area contributed by atoms with Gasteiger partial charge in [0.25, 0.3) is 0 Å². The second-order valence-electron chi connectivity index (χ2n) is 5.54. The van der Waals surface area contributed by atoms with Crippen molar-refractivity contribution in [3.63, 3.8) is 0 Å². The first-order valence-electron chi connectivity index (χ1n) is 5.90. The molecule has 1 N–H and O–H groups in total. The lowest BCUT2D eigenvalue weighted by Gasteiger charge is -2.38. The van der Waals surface area contributed by atoms with E-state index in [1.807, 2.05) is 6.92 Å². The Morgan fingerprint density at radius 1 is 1.43 bits per heavy atom. The van der Waals surface area contributed by atoms with E-state index in [0.717, 1.165) is 19.4 Å². The molecule has 0 aromatic rings. The first-order chi connectivity index (χ1) is 6.49. The summed E-state index contributed by atoms with van der Waals surface area (Å²) in [5.41, 5.74) is 0.503. The Balaban J connectivity index is 2.18. The number of aliphatic hydroxyl groups is 1. The normalized spacial score (nSPS) is 24.9. The first kappa shape index (κ1) is 12.0. The summed E-state index contributed by atoms with van der Waals surface area (Å²) in [6.07, 6.45) is 4.64. The highest BCUT2D eigenvalue weighted by Gasteiger charge is 2.25. The summed E-state index contributed by atoms with van der Waals surface area (Å²) in [6.45, 7) is 10.2. The second kappa shape index (κ2) is 5.13. The van der Waals surface area contributed by atoms with Gasteiger partial charge in [-0.05, 0) is 51.1 Å². The van der Waals surface area contributed by atoms with Crippen LogP contribution in [0.5, 0.6) is 0 Å². The zero-order chi connectivity index (χ0) is 10.6. The van der Waals surface area contributed by atoms with Crippen LogP contribution in [0, 0.1) is 5.41 Å². The summed E-state index contributed by atoms with van der Waals surface area (Å²) in [4.78, 5) is 2.55. The zero-order valence-corrected chi connectivity index (χ0v) is 9.92. The molecule has 0 amide bonds. The lowest BCUT2D eigenvalue weighted by Crippen LogP contribution is -2.40. The number of piperidine rings is 1. The van der Waals surface area contributed by atoms with Crippen LogP contribution in [0.1, 0.15) is 46.5 Å². The van der Waals surface area contributed by atoms with Gasteiger partial charge in [0, 0.05) is 6.54 Å². The Morgan fingerprint density at radius 3 is 2.71 bits per heavy atom. The second-order valence-corrected chi connectivity index (χ2v) is 5.54. The Bertz CT molecular complexity index is 166. The van der Waals surface area contributed by atoms with E-state index in [4.69, 9.17) is 5.11 Å². The van der Waals surface area contributed by atoms with Crippen molar-refractivity contribution < 1.29 is 5.11 Å². The molecule has 84 valence electrons. The molecule has 2 nitrogen and oxygen atoms in total. The maximum absolute atomic E-state index is 9.17. The van der Waals surface area contributed by atoms with Crippen molar-refractivity contribution in [2.24, 2.45) is 5.41 Å². The van der Waals surface area contributed by atoms with Crippen LogP contribution < -0.4 is 0 Å². The maximum atomic E-state index is 9.17. The van der Waals surface area contributed by atoms with Crippen LogP contribution in [0.15, 0.2) is 0 Å². The van der Waals surface area contributed by atoms with Gasteiger partial charge in [-0.2, -0.15) is 0 Å². The molecule has 1 rings (SSSR count). The average Bonchev–Trinajstić information content (AvgIpc) is 2.01. The van der Waals surface area contributed by atoms with Crippen molar-refractivity contribution in [3.05, 3.63) is 0 Å². The Morgan fingerprint density at radius 2 is 2.14 bits per heavy atom. The summed E-state index contributed by atoms with van der Waals surface area (Å²) >= 11 is 0. The van der Waals surface area contributed by atoms with Gasteiger partial charge in [-0.15, -0.1) is 0 Å². The fourth-order valence-electron chi connectivity index (χ4n) is 2.35. The van der Waals surface area contributed by atoms with Crippen LogP contribution in [-0.4, -0.2) is 35.7 Å². The number of rotatable bonds is 4. The quantitative estimate of drug-likeness (QED) is 0.751. The molecule has 0 bridgehead atoms. The first-order valence-corrected chi connectivity index (χ1v) is 5.90. The Kier molecular flexibility index (Phi) is 4.39. The highest BCUT2D eigenvalue weighted by Crippen LogP contribution is 2.28. The third-order valence-corrected chi connectivity index (χ3v) is 3.08. The fourth-order valence-corrected chi connectivity index (χ4v) is 2.35. The number of hydrogen-bond acceptors (Lipinski definition) is 2. The van der Waals surface area contributed by atoms with E-state index in [0.29, 0.717) is 5.41 Å². The molecule has 0 aromatic heterocycles. The molecule has 1 aliphatic rings. The van der Waals surface area contributed by atoms with Crippen molar-refractivity contribution in [2.75, 3.05) is 19.6 Å². The monoisotopic (exact) mass is 199 g/mol. The minimum absolute atomic E-state index is 0.132. The van der Waals surface area contributed by atoms with Crippen molar-refractivity contribution in [3.8, 4) is 0 Å². The summed E-state index contributed by atoms with van der Waals surface area (Å²) in [5.74, 6) is 0. The highest BCUT2D eigenvalue weighted by atomic mass is 16.3. The van der Waals surface area contributed by atoms with Crippen molar-refractivity contribution in [2.45, 2.75) is 52.6 Å². The van der Waals surface area contributed by atoms with Crippen molar-refractivity contribution in [1.29, 1.82) is 0 Å². The van der Waals surface area contributed by atoms with E-state index < -0.39 is 0 Å². The minimum atomic E-state index is -0.132. The molecule has 1 heterocycles. The largest absolute Gasteiger partial charge is 0.393 e. The molecular formula is C12H25NO. The Hall–Kier alpha value is -0.0800. The molecule has 0 aromatic carbocycles. The van der Waals surface area contributed by atoms with Gasteiger partial charge >= 0.3 is 0 Å². The zero-order valence-electron chi connectivity index (χ0n) is 9.92. The van der Waals surface area contributed by atoms with Crippen molar-refractivity contribution >= 4 is 0 Å². The van der Waals surface area contributed by atoms with Gasteiger partial charge in [-0.1, -0.05) is 13.8 Å². The molecule has 0 spiro atoms. The third-order valence-electron chi connectivity index (χ3n) is 3.08. The molecule has 0 radical (unpaired) electrons. The fraction of sp³-hybridized carbons (Fsp3) is 1.00. The van der Waals surface area contributed by atoms with E-state index in [2.05, 4.69) is 18.7 Å². The number of aliphatic hydroxyl groups excluding tert-OH is 1. The molecular weight excluding hydrogens is 174 g/mol. The van der Waals surface area contributed by atoms with Crippen LogP contribution in [0.25, 0.3) is 0 Å². The predicted octanol–water partition coefficient (Wildman–Crippen LogP) is 2.27. The molecule has 0 saturated carbocycles. The maximum Gasteiger partial charge on any atom is 0.0512 e. The molecule has 1 unspecified atom stereocenters. The minimum Gasteiger partial charge on any atom is -0.393 e. The van der Waals surface area contributed by atoms with Gasteiger partial charge in [0.05, 0.1) is 6.10 Å². The third kappa shape index (κ3) is 4.43. The van der Waals surface area contributed by atoms with Gasteiger partial charge in [0.1, 0.15) is 0 Å². The predicted molar refractivity (Wildman–Crippen MR) is 60.4 cm³/mol. The van der Waals surface area contributed by atoms with Crippen LogP contribution in [-0.2, 0) is 0 Å². The summed E-state index contributed by atoms with van der Waals surface area (Å²) < 4.78 is 0. The smallest absolute Gasteiger partial charge is 0.0512 e. The molecule has 0 aliphatic carbocycles. The molecule has 1 saturated heterocycles. The number of likely N-dealkylation sites (tertiary alicyclic amines) is 1. The van der Waals surface area contributed by atoms with Crippen LogP contribution in [0.2, 0.25) is 0 Å². The molecule has 2 heteroatoms. The van der Waals surface area contributed by atoms with Crippen molar-refractivity contribution in [1.82, 2.24) is 4.90 Å². The lowest BCUT2D eigenvalue weighted by atomic mass is 9.84. The van der Waals surface area contributed by atoms with Gasteiger partial charge in [0.15, 0.2) is 0 Å². The summed E-state index contributed by atoms with van der Waals surface area (Å²) in [5, 5.41) is 9.17. The summed E-state index contributed by atoms with van der Waals surface area (Å²) in [6, 6.07) is 0. The van der Waals surface area contributed by atoms with Gasteiger partial charge in [-0.25, -0.2) is 0 Å². The van der Waals surface area contributed by atoms with E-state index in [-0.39, 0.29) is 6.10 Å².